The minimum Gasteiger partial charge on any atom is -0.349 e. The number of benzene rings is 2. The Morgan fingerprint density at radius 3 is 2.73 bits per heavy atom. The van der Waals surface area contributed by atoms with E-state index in [4.69, 9.17) is 5.84 Å². The first kappa shape index (κ1) is 17.9. The van der Waals surface area contributed by atoms with Crippen molar-refractivity contribution < 1.29 is 9.18 Å². The van der Waals surface area contributed by atoms with Crippen molar-refractivity contribution >= 4 is 17.7 Å². The molecule has 0 bridgehead atoms. The molecule has 2 aromatic carbocycles. The van der Waals surface area contributed by atoms with E-state index >= 15 is 0 Å². The number of aromatic nitrogens is 3. The lowest BCUT2D eigenvalue weighted by Gasteiger charge is -2.13. The van der Waals surface area contributed by atoms with Crippen LogP contribution in [0.2, 0.25) is 0 Å². The average Bonchev–Trinajstić information content (AvgIpc) is 3.01. The fourth-order valence-corrected chi connectivity index (χ4v) is 3.11. The van der Waals surface area contributed by atoms with Crippen LogP contribution in [0.1, 0.15) is 18.5 Å². The number of carbonyl (C=O) groups is 1. The van der Waals surface area contributed by atoms with Crippen LogP contribution < -0.4 is 11.2 Å². The second-order valence-electron chi connectivity index (χ2n) is 5.68. The zero-order chi connectivity index (χ0) is 18.5. The van der Waals surface area contributed by atoms with E-state index in [0.717, 1.165) is 5.56 Å². The van der Waals surface area contributed by atoms with Crippen LogP contribution in [0.25, 0.3) is 11.4 Å². The van der Waals surface area contributed by atoms with E-state index in [0.29, 0.717) is 16.5 Å². The third kappa shape index (κ3) is 4.20. The predicted molar refractivity (Wildman–Crippen MR) is 99.3 cm³/mol. The lowest BCUT2D eigenvalue weighted by atomic mass is 10.1. The van der Waals surface area contributed by atoms with Gasteiger partial charge in [-0.3, -0.25) is 4.79 Å². The highest BCUT2D eigenvalue weighted by molar-refractivity contribution is 7.99. The summed E-state index contributed by atoms with van der Waals surface area (Å²) in [6.07, 6.45) is 0. The first-order valence-corrected chi connectivity index (χ1v) is 8.96. The largest absolute Gasteiger partial charge is 0.349 e. The number of hydrogen-bond donors (Lipinski definition) is 2. The maximum Gasteiger partial charge on any atom is 0.230 e. The molecular weight excluding hydrogens is 353 g/mol. The third-order valence-corrected chi connectivity index (χ3v) is 4.70. The van der Waals surface area contributed by atoms with Crippen molar-refractivity contribution in [1.82, 2.24) is 20.2 Å². The molecule has 3 N–H and O–H groups in total. The van der Waals surface area contributed by atoms with Gasteiger partial charge < -0.3 is 11.2 Å². The fourth-order valence-electron chi connectivity index (χ4n) is 2.44. The number of nitrogens with two attached hydrogens (primary N) is 1. The molecule has 1 amide bonds. The summed E-state index contributed by atoms with van der Waals surface area (Å²) in [5.41, 5.74) is 1.55. The number of rotatable bonds is 6. The van der Waals surface area contributed by atoms with E-state index in [1.807, 2.05) is 37.3 Å². The van der Waals surface area contributed by atoms with E-state index in [1.165, 1.54) is 28.6 Å². The van der Waals surface area contributed by atoms with Crippen LogP contribution in [0.5, 0.6) is 0 Å². The van der Waals surface area contributed by atoms with E-state index < -0.39 is 0 Å². The molecule has 1 atom stereocenters. The third-order valence-electron chi connectivity index (χ3n) is 3.76. The van der Waals surface area contributed by atoms with Gasteiger partial charge in [0.05, 0.1) is 11.8 Å². The van der Waals surface area contributed by atoms with Gasteiger partial charge in [0.25, 0.3) is 0 Å². The van der Waals surface area contributed by atoms with Gasteiger partial charge in [-0.05, 0) is 24.6 Å². The summed E-state index contributed by atoms with van der Waals surface area (Å²) in [7, 11) is 0. The van der Waals surface area contributed by atoms with Gasteiger partial charge in [-0.1, -0.05) is 54.2 Å². The number of carbonyl (C=O) groups excluding carboxylic acids is 1. The Morgan fingerprint density at radius 2 is 2.00 bits per heavy atom. The normalized spacial score (nSPS) is 11.9. The number of nitrogen functional groups attached to an aromatic ring is 1. The molecule has 26 heavy (non-hydrogen) atoms. The summed E-state index contributed by atoms with van der Waals surface area (Å²) < 4.78 is 14.6. The van der Waals surface area contributed by atoms with Gasteiger partial charge in [0, 0.05) is 5.56 Å². The van der Waals surface area contributed by atoms with Crippen molar-refractivity contribution in [2.75, 3.05) is 11.6 Å². The van der Waals surface area contributed by atoms with Gasteiger partial charge in [-0.25, -0.2) is 9.07 Å². The average molecular weight is 371 g/mol. The second kappa shape index (κ2) is 8.01. The predicted octanol–water partition coefficient (Wildman–Crippen LogP) is 2.77. The van der Waals surface area contributed by atoms with Crippen molar-refractivity contribution in [3.05, 3.63) is 66.0 Å². The molecule has 0 fully saturated rings. The molecule has 0 saturated heterocycles. The summed E-state index contributed by atoms with van der Waals surface area (Å²) in [5.74, 6) is 5.95. The Bertz CT molecular complexity index is 900. The van der Waals surface area contributed by atoms with Gasteiger partial charge in [0.1, 0.15) is 5.82 Å². The highest BCUT2D eigenvalue weighted by atomic mass is 32.2. The molecule has 3 rings (SSSR count). The monoisotopic (exact) mass is 371 g/mol. The number of nitrogens with one attached hydrogen (secondary N) is 1. The molecule has 0 aliphatic carbocycles. The van der Waals surface area contributed by atoms with E-state index in [1.54, 1.807) is 12.1 Å². The first-order chi connectivity index (χ1) is 12.5. The van der Waals surface area contributed by atoms with Crippen molar-refractivity contribution in [2.24, 2.45) is 0 Å². The summed E-state index contributed by atoms with van der Waals surface area (Å²) in [4.78, 5) is 12.2. The molecule has 6 nitrogen and oxygen atoms in total. The maximum atomic E-state index is 13.4. The highest BCUT2D eigenvalue weighted by Gasteiger charge is 2.15. The van der Waals surface area contributed by atoms with Crippen LogP contribution in [-0.4, -0.2) is 26.5 Å². The molecule has 0 aliphatic heterocycles. The van der Waals surface area contributed by atoms with E-state index in [2.05, 4.69) is 15.5 Å². The van der Waals surface area contributed by atoms with Crippen LogP contribution in [0.15, 0.2) is 59.8 Å². The van der Waals surface area contributed by atoms with Crippen molar-refractivity contribution in [3.63, 3.8) is 0 Å². The SMILES string of the molecule is C[C@@H](NC(=O)CSc1nnc(-c2cccc(F)c2)n1N)c1ccccc1. The van der Waals surface area contributed by atoms with E-state index in [-0.39, 0.29) is 23.5 Å². The van der Waals surface area contributed by atoms with Crippen molar-refractivity contribution in [2.45, 2.75) is 18.1 Å². The highest BCUT2D eigenvalue weighted by Crippen LogP contribution is 2.22. The minimum absolute atomic E-state index is 0.0945. The molecule has 3 aromatic rings. The molecule has 8 heteroatoms. The van der Waals surface area contributed by atoms with Crippen LogP contribution in [-0.2, 0) is 4.79 Å². The van der Waals surface area contributed by atoms with Gasteiger partial charge in [-0.2, -0.15) is 0 Å². The zero-order valence-electron chi connectivity index (χ0n) is 14.1. The van der Waals surface area contributed by atoms with Gasteiger partial charge >= 0.3 is 0 Å². The maximum absolute atomic E-state index is 13.4. The topological polar surface area (TPSA) is 85.8 Å². The van der Waals surface area contributed by atoms with Crippen LogP contribution in [0.4, 0.5) is 4.39 Å². The molecule has 0 radical (unpaired) electrons. The van der Waals surface area contributed by atoms with Crippen LogP contribution in [0.3, 0.4) is 0 Å². The van der Waals surface area contributed by atoms with Crippen LogP contribution in [0, 0.1) is 5.82 Å². The second-order valence-corrected chi connectivity index (χ2v) is 6.62. The molecule has 1 aromatic heterocycles. The Labute approximate surface area is 154 Å². The number of thioether (sulfide) groups is 1. The van der Waals surface area contributed by atoms with Gasteiger partial charge in [-0.15, -0.1) is 10.2 Å². The number of nitrogens with zero attached hydrogens (tertiary/aromatic N) is 3. The zero-order valence-corrected chi connectivity index (χ0v) is 14.9. The van der Waals surface area contributed by atoms with Gasteiger partial charge in [0.2, 0.25) is 11.1 Å². The number of amides is 1. The minimum atomic E-state index is -0.381. The Kier molecular flexibility index (Phi) is 5.52. The molecule has 1 heterocycles. The van der Waals surface area contributed by atoms with Crippen molar-refractivity contribution in [1.29, 1.82) is 0 Å². The summed E-state index contributed by atoms with van der Waals surface area (Å²) >= 11 is 1.17. The first-order valence-electron chi connectivity index (χ1n) is 7.98. The summed E-state index contributed by atoms with van der Waals surface area (Å²) in [6, 6.07) is 15.5. The fraction of sp³-hybridized carbons (Fsp3) is 0.167. The van der Waals surface area contributed by atoms with Crippen LogP contribution >= 0.6 is 11.8 Å². The number of hydrogen-bond acceptors (Lipinski definition) is 5. The molecule has 134 valence electrons. The molecule has 0 spiro atoms. The lowest BCUT2D eigenvalue weighted by molar-refractivity contribution is -0.119. The Balaban J connectivity index is 1.61. The molecule has 0 aliphatic rings. The summed E-state index contributed by atoms with van der Waals surface area (Å²) in [5, 5.41) is 11.3. The Hall–Kier alpha value is -2.87. The van der Waals surface area contributed by atoms with E-state index in [9.17, 15) is 9.18 Å². The molecular formula is C18H18FN5OS. The number of halogens is 1. The smallest absolute Gasteiger partial charge is 0.230 e. The van der Waals surface area contributed by atoms with Crippen molar-refractivity contribution in [3.8, 4) is 11.4 Å². The lowest BCUT2D eigenvalue weighted by Crippen LogP contribution is -2.28. The molecule has 0 unspecified atom stereocenters. The summed E-state index contributed by atoms with van der Waals surface area (Å²) in [6.45, 7) is 1.92. The molecule has 0 saturated carbocycles. The standard InChI is InChI=1S/C18H18FN5OS/c1-12(13-6-3-2-4-7-13)21-16(25)11-26-18-23-22-17(24(18)20)14-8-5-9-15(19)10-14/h2-10,12H,11,20H2,1H3,(H,21,25)/t12-/m1/s1. The van der Waals surface area contributed by atoms with Gasteiger partial charge in [0.15, 0.2) is 5.82 Å². The Morgan fingerprint density at radius 1 is 1.23 bits per heavy atom. The quantitative estimate of drug-likeness (QED) is 0.514.